The molecule has 2 aromatic carbocycles. The number of hydrogen-bond acceptors (Lipinski definition) is 9. The lowest BCUT2D eigenvalue weighted by molar-refractivity contribution is -0.136. The van der Waals surface area contributed by atoms with Crippen LogP contribution in [0.2, 0.25) is 0 Å². The first-order valence-corrected chi connectivity index (χ1v) is 22.6. The molecule has 8 rings (SSSR count). The number of likely N-dealkylation sites (tertiary alicyclic amines) is 2. The van der Waals surface area contributed by atoms with Gasteiger partial charge in [-0.15, -0.1) is 0 Å². The van der Waals surface area contributed by atoms with Crippen molar-refractivity contribution < 1.29 is 28.7 Å². The van der Waals surface area contributed by atoms with Crippen LogP contribution >= 0.6 is 0 Å². The number of nitrogens with zero attached hydrogens (tertiary/aromatic N) is 6. The highest BCUT2D eigenvalue weighted by molar-refractivity contribution is 5.98. The lowest BCUT2D eigenvalue weighted by atomic mass is 9.93. The summed E-state index contributed by atoms with van der Waals surface area (Å²) in [7, 11) is 4.74. The smallest absolute Gasteiger partial charge is 0.407 e. The molecule has 340 valence electrons. The van der Waals surface area contributed by atoms with Gasteiger partial charge >= 0.3 is 12.2 Å². The molecule has 0 saturated carbocycles. The Morgan fingerprint density at radius 2 is 1.22 bits per heavy atom. The quantitative estimate of drug-likeness (QED) is 0.103. The van der Waals surface area contributed by atoms with Gasteiger partial charge in [-0.2, -0.15) is 0 Å². The molecule has 2 unspecified atom stereocenters. The van der Waals surface area contributed by atoms with E-state index >= 15 is 0 Å². The number of aromatic nitrogens is 5. The van der Waals surface area contributed by atoms with Gasteiger partial charge in [0, 0.05) is 66.5 Å². The fraction of sp³-hybridized carbons (Fsp3) is 0.500. The van der Waals surface area contributed by atoms with Crippen LogP contribution in [0.15, 0.2) is 48.8 Å². The van der Waals surface area contributed by atoms with Gasteiger partial charge in [0.15, 0.2) is 0 Å². The number of H-pyrrole nitrogens is 2. The van der Waals surface area contributed by atoms with Gasteiger partial charge in [-0.05, 0) is 67.2 Å². The zero-order chi connectivity index (χ0) is 45.6. The Morgan fingerprint density at radius 1 is 0.703 bits per heavy atom. The minimum absolute atomic E-state index is 0.116. The van der Waals surface area contributed by atoms with Crippen molar-refractivity contribution >= 4 is 40.6 Å². The second-order valence-electron chi connectivity index (χ2n) is 18.4. The van der Waals surface area contributed by atoms with E-state index < -0.39 is 24.3 Å². The number of fused-ring (bicyclic) bond motifs is 5. The average Bonchev–Trinajstić information content (AvgIpc) is 4.14. The van der Waals surface area contributed by atoms with Gasteiger partial charge in [0.05, 0.1) is 55.8 Å². The summed E-state index contributed by atoms with van der Waals surface area (Å²) in [5, 5.41) is 6.66. The molecular formula is C48H62N10O6. The highest BCUT2D eigenvalue weighted by Crippen LogP contribution is 2.46. The Hall–Kier alpha value is -6.32. The van der Waals surface area contributed by atoms with E-state index in [0.29, 0.717) is 13.1 Å². The van der Waals surface area contributed by atoms with Gasteiger partial charge < -0.3 is 49.3 Å². The summed E-state index contributed by atoms with van der Waals surface area (Å²) in [6.45, 7) is 15.0. The minimum atomic E-state index is -0.701. The van der Waals surface area contributed by atoms with Crippen LogP contribution in [0.25, 0.3) is 44.7 Å². The number of carbonyl (C=O) groups is 4. The van der Waals surface area contributed by atoms with Crippen molar-refractivity contribution in [1.29, 1.82) is 0 Å². The monoisotopic (exact) mass is 874 g/mol. The molecule has 3 aliphatic rings. The Balaban J connectivity index is 1.08. The molecule has 0 bridgehead atoms. The third-order valence-corrected chi connectivity index (χ3v) is 13.3. The van der Waals surface area contributed by atoms with Gasteiger partial charge in [-0.25, -0.2) is 19.6 Å². The standard InChI is InChI=1S/C48H62N10O6/c1-26(2)39-32-22-29(33-24-49-43(51-33)36-12-10-18-57(36)45(59)40(27(3)4)53-47(61)63-8)15-17-35(32)56-21-20-55(7)38-23-30(14-16-31(38)42(39)56)34-25-50-44(52-34)37-13-11-19-58(37)46(60)41(28(5)6)54-48(62)64-9/h14-17,22-28,36-37,40-41H,10-13,18-21H2,1-9H3,(H,49,51)(H,50,52)(H,53,61)(H,54,62)/t36-,37-,40?,41?/m0/s1. The molecule has 4 amide bonds. The topological polar surface area (TPSA) is 183 Å². The zero-order valence-corrected chi connectivity index (χ0v) is 38.4. The van der Waals surface area contributed by atoms with Crippen LogP contribution in [0.4, 0.5) is 15.3 Å². The number of benzene rings is 2. The molecule has 64 heavy (non-hydrogen) atoms. The van der Waals surface area contributed by atoms with Crippen molar-refractivity contribution in [3.63, 3.8) is 0 Å². The van der Waals surface area contributed by atoms with Crippen LogP contribution < -0.4 is 15.5 Å². The zero-order valence-electron chi connectivity index (χ0n) is 38.4. The van der Waals surface area contributed by atoms with Crippen molar-refractivity contribution in [3.8, 4) is 33.8 Å². The van der Waals surface area contributed by atoms with E-state index in [1.807, 2.05) is 49.9 Å². The number of likely N-dealkylation sites (N-methyl/N-ethyl adjacent to an activating group) is 1. The van der Waals surface area contributed by atoms with Crippen molar-refractivity contribution in [2.75, 3.05) is 45.8 Å². The number of amides is 4. The number of nitrogens with one attached hydrogen (secondary N) is 4. The van der Waals surface area contributed by atoms with Crippen LogP contribution in [-0.2, 0) is 25.6 Å². The summed E-state index contributed by atoms with van der Waals surface area (Å²) in [6, 6.07) is 11.4. The van der Waals surface area contributed by atoms with Crippen molar-refractivity contribution in [2.24, 2.45) is 11.8 Å². The maximum Gasteiger partial charge on any atom is 0.407 e. The van der Waals surface area contributed by atoms with E-state index in [1.165, 1.54) is 36.4 Å². The Bertz CT molecular complexity index is 2550. The molecule has 0 radical (unpaired) electrons. The van der Waals surface area contributed by atoms with Crippen molar-refractivity contribution in [3.05, 3.63) is 66.0 Å². The van der Waals surface area contributed by atoms with Crippen molar-refractivity contribution in [1.82, 2.24) is 44.9 Å². The molecule has 3 aliphatic heterocycles. The number of anilines is 1. The first-order valence-electron chi connectivity index (χ1n) is 22.6. The number of rotatable bonds is 11. The van der Waals surface area contributed by atoms with E-state index in [-0.39, 0.29) is 41.7 Å². The number of hydrogen-bond donors (Lipinski definition) is 4. The van der Waals surface area contributed by atoms with E-state index in [9.17, 15) is 19.2 Å². The molecule has 0 spiro atoms. The van der Waals surface area contributed by atoms with Gasteiger partial charge in [0.1, 0.15) is 23.7 Å². The summed E-state index contributed by atoms with van der Waals surface area (Å²) >= 11 is 0. The maximum atomic E-state index is 13.8. The van der Waals surface area contributed by atoms with Crippen LogP contribution in [0.5, 0.6) is 0 Å². The molecule has 2 saturated heterocycles. The molecule has 3 aromatic heterocycles. The van der Waals surface area contributed by atoms with Gasteiger partial charge in [-0.1, -0.05) is 59.7 Å². The Morgan fingerprint density at radius 3 is 1.72 bits per heavy atom. The Labute approximate surface area is 374 Å². The van der Waals surface area contributed by atoms with E-state index in [1.54, 1.807) is 0 Å². The number of carbonyl (C=O) groups excluding carboxylic acids is 4. The number of alkyl carbamates (subject to hydrolysis) is 2. The van der Waals surface area contributed by atoms with Gasteiger partial charge in [-0.3, -0.25) is 9.59 Å². The fourth-order valence-electron chi connectivity index (χ4n) is 9.93. The SMILES string of the molecule is COC(=O)NC(C(=O)N1CCC[C@H]1c1ncc(-c2ccc3c(c2)N(C)CCn2c-3c(C(C)C)c3cc(-c4cnc([C@@H]5CCCN5C(=O)C(NC(=O)OC)C(C)C)[nH]4)ccc32)[nH]1)C(C)C. The Kier molecular flexibility index (Phi) is 12.5. The molecule has 0 aliphatic carbocycles. The van der Waals surface area contributed by atoms with Crippen molar-refractivity contribution in [2.45, 2.75) is 104 Å². The second kappa shape index (κ2) is 18.0. The fourth-order valence-corrected chi connectivity index (χ4v) is 9.93. The summed E-state index contributed by atoms with van der Waals surface area (Å²) in [4.78, 5) is 74.6. The highest BCUT2D eigenvalue weighted by Gasteiger charge is 2.39. The van der Waals surface area contributed by atoms with E-state index in [4.69, 9.17) is 19.4 Å². The maximum absolute atomic E-state index is 13.8. The third kappa shape index (κ3) is 8.18. The third-order valence-electron chi connectivity index (χ3n) is 13.3. The predicted octanol–water partition coefficient (Wildman–Crippen LogP) is 7.75. The second-order valence-corrected chi connectivity index (χ2v) is 18.4. The van der Waals surface area contributed by atoms with Crippen LogP contribution in [0.1, 0.15) is 102 Å². The van der Waals surface area contributed by atoms with E-state index in [0.717, 1.165) is 84.2 Å². The molecule has 16 heteroatoms. The lowest BCUT2D eigenvalue weighted by Crippen LogP contribution is -2.51. The van der Waals surface area contributed by atoms with Crippen LogP contribution in [0.3, 0.4) is 0 Å². The summed E-state index contributed by atoms with van der Waals surface area (Å²) in [5.41, 5.74) is 9.72. The van der Waals surface area contributed by atoms with E-state index in [2.05, 4.69) is 87.4 Å². The molecule has 4 atom stereocenters. The predicted molar refractivity (Wildman–Crippen MR) is 246 cm³/mol. The van der Waals surface area contributed by atoms with Gasteiger partial charge in [0.2, 0.25) is 11.8 Å². The molecule has 4 N–H and O–H groups in total. The van der Waals surface area contributed by atoms with Gasteiger partial charge in [0.25, 0.3) is 0 Å². The minimum Gasteiger partial charge on any atom is -0.453 e. The number of ether oxygens (including phenoxy) is 2. The molecular weight excluding hydrogens is 813 g/mol. The highest BCUT2D eigenvalue weighted by atomic mass is 16.5. The molecule has 2 fully saturated rings. The first kappa shape index (κ1) is 44.3. The number of methoxy groups -OCH3 is 2. The van der Waals surface area contributed by atoms with Crippen LogP contribution in [-0.4, -0.2) is 111 Å². The molecule has 5 aromatic rings. The molecule has 16 nitrogen and oxygen atoms in total. The summed E-state index contributed by atoms with van der Waals surface area (Å²) in [5.74, 6) is 1.18. The largest absolute Gasteiger partial charge is 0.453 e. The normalized spacial score (nSPS) is 18.3. The number of imidazole rings is 2. The average molecular weight is 875 g/mol. The number of aromatic amines is 2. The molecule has 6 heterocycles. The van der Waals surface area contributed by atoms with Crippen LogP contribution in [0, 0.1) is 11.8 Å². The summed E-state index contributed by atoms with van der Waals surface area (Å²) < 4.78 is 12.1. The lowest BCUT2D eigenvalue weighted by Gasteiger charge is -2.30. The summed E-state index contributed by atoms with van der Waals surface area (Å²) in [6.07, 6.45) is 5.71. The first-order chi connectivity index (χ1) is 30.7.